The lowest BCUT2D eigenvalue weighted by atomic mass is 10.0. The van der Waals surface area contributed by atoms with Crippen LogP contribution in [-0.2, 0) is 11.2 Å². The van der Waals surface area contributed by atoms with Crippen molar-refractivity contribution in [1.82, 2.24) is 24.7 Å². The lowest BCUT2D eigenvalue weighted by molar-refractivity contribution is -0.116. The van der Waals surface area contributed by atoms with Crippen LogP contribution < -0.4 is 5.32 Å². The number of carbonyl (C=O) groups is 1. The fourth-order valence-corrected chi connectivity index (χ4v) is 4.37. The van der Waals surface area contributed by atoms with Gasteiger partial charge in [0, 0.05) is 29.1 Å². The molecule has 2 aromatic carbocycles. The van der Waals surface area contributed by atoms with E-state index >= 15 is 0 Å². The number of rotatable bonds is 6. The number of nitrogens with zero attached hydrogens (tertiary/aromatic N) is 5. The normalized spacial score (nSPS) is 11.6. The van der Waals surface area contributed by atoms with Gasteiger partial charge in [0.15, 0.2) is 11.5 Å². The van der Waals surface area contributed by atoms with Gasteiger partial charge in [0.05, 0.1) is 16.8 Å². The minimum Gasteiger partial charge on any atom is -0.334 e. The van der Waals surface area contributed by atoms with Crippen molar-refractivity contribution in [2.75, 3.05) is 5.32 Å². The second kappa shape index (κ2) is 8.94. The maximum absolute atomic E-state index is 13.0. The Morgan fingerprint density at radius 2 is 1.86 bits per heavy atom. The lowest BCUT2D eigenvalue weighted by Crippen LogP contribution is -2.15. The fraction of sp³-hybridized carbons (Fsp3) is 0.296. The molecular formula is C27H28N6O2. The molecule has 3 heterocycles. The summed E-state index contributed by atoms with van der Waals surface area (Å²) >= 11 is 0. The molecule has 0 fully saturated rings. The molecule has 0 aliphatic rings. The molecule has 1 amide bonds. The number of hydrogen-bond acceptors (Lipinski definition) is 6. The summed E-state index contributed by atoms with van der Waals surface area (Å²) in [4.78, 5) is 22.4. The molecule has 8 nitrogen and oxygen atoms in total. The highest BCUT2D eigenvalue weighted by atomic mass is 16.5. The van der Waals surface area contributed by atoms with E-state index in [0.717, 1.165) is 44.6 Å². The van der Waals surface area contributed by atoms with E-state index in [-0.39, 0.29) is 11.8 Å². The zero-order valence-electron chi connectivity index (χ0n) is 20.6. The lowest BCUT2D eigenvalue weighted by Gasteiger charge is -2.13. The number of aryl methyl sites for hydroxylation is 3. The van der Waals surface area contributed by atoms with Crippen molar-refractivity contribution in [3.05, 3.63) is 70.8 Å². The van der Waals surface area contributed by atoms with Crippen LogP contribution >= 0.6 is 0 Å². The van der Waals surface area contributed by atoms with E-state index in [0.29, 0.717) is 30.2 Å². The first-order valence-corrected chi connectivity index (χ1v) is 11.8. The first-order valence-electron chi connectivity index (χ1n) is 11.8. The molecule has 178 valence electrons. The van der Waals surface area contributed by atoms with Crippen LogP contribution in [0.2, 0.25) is 0 Å². The molecule has 0 atom stereocenters. The Kier molecular flexibility index (Phi) is 5.80. The molecule has 0 bridgehead atoms. The fourth-order valence-electron chi connectivity index (χ4n) is 4.37. The van der Waals surface area contributed by atoms with Gasteiger partial charge in [-0.25, -0.2) is 9.50 Å². The third kappa shape index (κ3) is 4.16. The molecule has 0 saturated carbocycles. The largest absolute Gasteiger partial charge is 0.334 e. The number of aromatic nitrogens is 5. The van der Waals surface area contributed by atoms with E-state index in [4.69, 9.17) is 14.6 Å². The molecule has 0 unspecified atom stereocenters. The summed E-state index contributed by atoms with van der Waals surface area (Å²) in [6.07, 6.45) is 0.867. The molecule has 0 radical (unpaired) electrons. The Hall–Kier alpha value is -4.07. The van der Waals surface area contributed by atoms with Gasteiger partial charge in [0.1, 0.15) is 0 Å². The molecule has 8 heteroatoms. The predicted octanol–water partition coefficient (Wildman–Crippen LogP) is 5.55. The third-order valence-corrected chi connectivity index (χ3v) is 6.35. The summed E-state index contributed by atoms with van der Waals surface area (Å²) in [7, 11) is 0. The van der Waals surface area contributed by atoms with Crippen molar-refractivity contribution in [2.45, 2.75) is 53.4 Å². The molecule has 0 aliphatic heterocycles. The van der Waals surface area contributed by atoms with Gasteiger partial charge < -0.3 is 9.84 Å². The highest BCUT2D eigenvalue weighted by molar-refractivity contribution is 5.96. The minimum atomic E-state index is -0.0892. The number of amides is 1. The molecule has 0 spiro atoms. The second-order valence-electron chi connectivity index (χ2n) is 9.17. The van der Waals surface area contributed by atoms with Crippen molar-refractivity contribution in [2.24, 2.45) is 0 Å². The molecule has 5 rings (SSSR count). The van der Waals surface area contributed by atoms with Gasteiger partial charge in [0.25, 0.3) is 5.89 Å². The van der Waals surface area contributed by atoms with Gasteiger partial charge >= 0.3 is 0 Å². The Balaban J connectivity index is 1.39. The number of carbonyl (C=O) groups excluding carboxylic acids is 1. The first kappa shape index (κ1) is 22.7. The van der Waals surface area contributed by atoms with Gasteiger partial charge in [-0.1, -0.05) is 43.3 Å². The zero-order valence-corrected chi connectivity index (χ0v) is 20.6. The smallest absolute Gasteiger partial charge is 0.260 e. The number of fused-ring (bicyclic) bond motifs is 3. The topological polar surface area (TPSA) is 98.2 Å². The van der Waals surface area contributed by atoms with E-state index in [1.165, 1.54) is 0 Å². The molecule has 0 aliphatic carbocycles. The number of nitrogens with one attached hydrogen (secondary N) is 1. The Morgan fingerprint density at radius 3 is 2.63 bits per heavy atom. The van der Waals surface area contributed by atoms with Crippen LogP contribution in [0, 0.1) is 20.8 Å². The van der Waals surface area contributed by atoms with Crippen LogP contribution in [0.25, 0.3) is 28.0 Å². The van der Waals surface area contributed by atoms with Crippen molar-refractivity contribution in [3.63, 3.8) is 0 Å². The summed E-state index contributed by atoms with van der Waals surface area (Å²) in [5, 5.41) is 12.9. The zero-order chi connectivity index (χ0) is 24.7. The SMILES string of the molecule is Cc1cccc(-c2nc(C(C)C)no2)c1NC(=O)CCc1c(C)nc2c3ccccc3nn2c1C. The quantitative estimate of drug-likeness (QED) is 0.351. The maximum atomic E-state index is 13.0. The van der Waals surface area contributed by atoms with E-state index in [2.05, 4.69) is 15.5 Å². The summed E-state index contributed by atoms with van der Waals surface area (Å²) < 4.78 is 7.37. The highest BCUT2D eigenvalue weighted by Gasteiger charge is 2.19. The summed E-state index contributed by atoms with van der Waals surface area (Å²) in [6.45, 7) is 9.99. The van der Waals surface area contributed by atoms with Gasteiger partial charge in [-0.3, -0.25) is 4.79 Å². The molecule has 0 saturated heterocycles. The van der Waals surface area contributed by atoms with Crippen molar-refractivity contribution in [1.29, 1.82) is 0 Å². The predicted molar refractivity (Wildman–Crippen MR) is 135 cm³/mol. The Morgan fingerprint density at radius 1 is 1.06 bits per heavy atom. The third-order valence-electron chi connectivity index (χ3n) is 6.35. The van der Waals surface area contributed by atoms with Crippen LogP contribution in [0.1, 0.15) is 54.5 Å². The Bertz CT molecular complexity index is 1560. The highest BCUT2D eigenvalue weighted by Crippen LogP contribution is 2.31. The molecule has 1 N–H and O–H groups in total. The van der Waals surface area contributed by atoms with Gasteiger partial charge in [-0.2, -0.15) is 10.1 Å². The van der Waals surface area contributed by atoms with Gasteiger partial charge in [-0.15, -0.1) is 0 Å². The monoisotopic (exact) mass is 468 g/mol. The van der Waals surface area contributed by atoms with Crippen LogP contribution in [-0.4, -0.2) is 30.6 Å². The van der Waals surface area contributed by atoms with E-state index in [9.17, 15) is 4.79 Å². The second-order valence-corrected chi connectivity index (χ2v) is 9.17. The van der Waals surface area contributed by atoms with Crippen molar-refractivity contribution >= 4 is 28.1 Å². The summed E-state index contributed by atoms with van der Waals surface area (Å²) in [5.74, 6) is 1.10. The van der Waals surface area contributed by atoms with E-state index in [1.807, 2.05) is 81.6 Å². The van der Waals surface area contributed by atoms with Crippen LogP contribution in [0.4, 0.5) is 5.69 Å². The molecule has 3 aromatic heterocycles. The summed E-state index contributed by atoms with van der Waals surface area (Å²) in [6, 6.07) is 13.7. The molecular weight excluding hydrogens is 440 g/mol. The van der Waals surface area contributed by atoms with Gasteiger partial charge in [0.2, 0.25) is 5.91 Å². The number of anilines is 1. The number of para-hydroxylation sites is 1. The Labute approximate surface area is 203 Å². The average molecular weight is 469 g/mol. The first-order chi connectivity index (χ1) is 16.8. The number of hydrogen-bond donors (Lipinski definition) is 1. The van der Waals surface area contributed by atoms with E-state index in [1.54, 1.807) is 0 Å². The van der Waals surface area contributed by atoms with Crippen LogP contribution in [0.3, 0.4) is 0 Å². The van der Waals surface area contributed by atoms with E-state index < -0.39 is 0 Å². The standard InChI is InChI=1S/C27H28N6O2/c1-15(2)25-30-27(35-32-25)21-11-8-9-16(3)24(21)29-23(34)14-13-19-17(4)28-26-20-10-6-7-12-22(20)31-33(26)18(19)5/h6-12,15H,13-14H2,1-5H3,(H,29,34). The average Bonchev–Trinajstić information content (AvgIpc) is 3.46. The van der Waals surface area contributed by atoms with Gasteiger partial charge in [-0.05, 0) is 56.5 Å². The minimum absolute atomic E-state index is 0.0892. The van der Waals surface area contributed by atoms with Crippen LogP contribution in [0.5, 0.6) is 0 Å². The molecule has 5 aromatic rings. The molecule has 35 heavy (non-hydrogen) atoms. The van der Waals surface area contributed by atoms with Crippen molar-refractivity contribution < 1.29 is 9.32 Å². The van der Waals surface area contributed by atoms with Crippen molar-refractivity contribution in [3.8, 4) is 11.5 Å². The van der Waals surface area contributed by atoms with Crippen LogP contribution in [0.15, 0.2) is 47.0 Å². The number of benzene rings is 2. The maximum Gasteiger partial charge on any atom is 0.260 e. The summed E-state index contributed by atoms with van der Waals surface area (Å²) in [5.41, 5.74) is 7.04.